The van der Waals surface area contributed by atoms with Crippen molar-refractivity contribution in [3.8, 4) is 6.07 Å². The van der Waals surface area contributed by atoms with Crippen LogP contribution in [0.1, 0.15) is 25.0 Å². The summed E-state index contributed by atoms with van der Waals surface area (Å²) in [5.41, 5.74) is -1.37. The highest BCUT2D eigenvalue weighted by atomic mass is 19.4. The number of carboxylic acid groups (broad SMARTS) is 1. The Morgan fingerprint density at radius 3 is 2.48 bits per heavy atom. The third-order valence-corrected chi connectivity index (χ3v) is 3.09. The van der Waals surface area contributed by atoms with E-state index in [0.717, 1.165) is 12.1 Å². The van der Waals surface area contributed by atoms with Gasteiger partial charge in [-0.1, -0.05) is 13.8 Å². The van der Waals surface area contributed by atoms with Gasteiger partial charge in [0.15, 0.2) is 0 Å². The van der Waals surface area contributed by atoms with Crippen LogP contribution in [0, 0.1) is 23.2 Å². The fourth-order valence-corrected chi connectivity index (χ4v) is 1.82. The number of benzene rings is 1. The predicted molar refractivity (Wildman–Crippen MR) is 70.6 cm³/mol. The number of hydrogen-bond donors (Lipinski definition) is 2. The zero-order valence-electron chi connectivity index (χ0n) is 11.5. The highest BCUT2D eigenvalue weighted by Gasteiger charge is 2.34. The number of nitrogens with one attached hydrogen (secondary N) is 1. The van der Waals surface area contributed by atoms with Crippen LogP contribution in [-0.2, 0) is 11.0 Å². The van der Waals surface area contributed by atoms with Crippen LogP contribution in [0.3, 0.4) is 0 Å². The summed E-state index contributed by atoms with van der Waals surface area (Å²) in [6, 6.07) is 4.70. The minimum atomic E-state index is -4.63. The Hall–Kier alpha value is -2.23. The van der Waals surface area contributed by atoms with Crippen molar-refractivity contribution in [3.05, 3.63) is 29.3 Å². The van der Waals surface area contributed by atoms with Crippen LogP contribution in [0.25, 0.3) is 0 Å². The summed E-state index contributed by atoms with van der Waals surface area (Å²) in [5.74, 6) is -1.88. The molecule has 0 amide bonds. The lowest BCUT2D eigenvalue weighted by atomic mass is 9.96. The average molecular weight is 300 g/mol. The van der Waals surface area contributed by atoms with E-state index in [0.29, 0.717) is 0 Å². The Morgan fingerprint density at radius 1 is 1.43 bits per heavy atom. The van der Waals surface area contributed by atoms with Gasteiger partial charge in [0.2, 0.25) is 0 Å². The van der Waals surface area contributed by atoms with Gasteiger partial charge in [-0.25, -0.2) is 0 Å². The maximum Gasteiger partial charge on any atom is 0.417 e. The Kier molecular flexibility index (Phi) is 5.19. The van der Waals surface area contributed by atoms with Crippen LogP contribution in [0.2, 0.25) is 0 Å². The van der Waals surface area contributed by atoms with Crippen molar-refractivity contribution in [2.45, 2.75) is 20.0 Å². The number of nitrogens with zero attached hydrogens (tertiary/aromatic N) is 1. The van der Waals surface area contributed by atoms with Crippen LogP contribution in [0.15, 0.2) is 18.2 Å². The van der Waals surface area contributed by atoms with Gasteiger partial charge in [-0.05, 0) is 24.1 Å². The molecule has 4 nitrogen and oxygen atoms in total. The van der Waals surface area contributed by atoms with Crippen molar-refractivity contribution in [2.24, 2.45) is 11.8 Å². The van der Waals surface area contributed by atoms with Gasteiger partial charge in [-0.15, -0.1) is 0 Å². The molecule has 1 aromatic carbocycles. The Bertz CT molecular complexity index is 562. The van der Waals surface area contributed by atoms with Gasteiger partial charge < -0.3 is 10.4 Å². The zero-order valence-corrected chi connectivity index (χ0v) is 11.5. The largest absolute Gasteiger partial charge is 0.481 e. The van der Waals surface area contributed by atoms with Crippen molar-refractivity contribution in [2.75, 3.05) is 11.9 Å². The second-order valence-corrected chi connectivity index (χ2v) is 4.94. The maximum atomic E-state index is 12.8. The fourth-order valence-electron chi connectivity index (χ4n) is 1.82. The number of carbonyl (C=O) groups is 1. The average Bonchev–Trinajstić information content (AvgIpc) is 2.36. The zero-order chi connectivity index (χ0) is 16.2. The molecule has 2 N–H and O–H groups in total. The van der Waals surface area contributed by atoms with Crippen molar-refractivity contribution in [1.82, 2.24) is 0 Å². The second-order valence-electron chi connectivity index (χ2n) is 4.94. The SMILES string of the molecule is CC(C)C(CNc1ccc(C#N)c(C(F)(F)F)c1)C(=O)O. The van der Waals surface area contributed by atoms with E-state index >= 15 is 0 Å². The second kappa shape index (κ2) is 6.48. The van der Waals surface area contributed by atoms with Gasteiger partial charge in [0, 0.05) is 12.2 Å². The predicted octanol–water partition coefficient (Wildman–Crippen LogP) is 3.35. The van der Waals surface area contributed by atoms with Crippen molar-refractivity contribution in [1.29, 1.82) is 5.26 Å². The van der Waals surface area contributed by atoms with E-state index in [4.69, 9.17) is 10.4 Å². The highest BCUT2D eigenvalue weighted by Crippen LogP contribution is 2.33. The summed E-state index contributed by atoms with van der Waals surface area (Å²) in [5, 5.41) is 20.4. The van der Waals surface area contributed by atoms with Gasteiger partial charge >= 0.3 is 12.1 Å². The molecule has 0 fully saturated rings. The third kappa shape index (κ3) is 4.38. The molecule has 0 spiro atoms. The normalized spacial score (nSPS) is 12.8. The molecule has 0 aliphatic rings. The molecule has 0 saturated heterocycles. The van der Waals surface area contributed by atoms with Crippen molar-refractivity contribution in [3.63, 3.8) is 0 Å². The summed E-state index contributed by atoms with van der Waals surface area (Å²) in [6.45, 7) is 3.46. The Balaban J connectivity index is 2.96. The molecule has 114 valence electrons. The minimum Gasteiger partial charge on any atom is -0.481 e. The molecule has 0 saturated carbocycles. The first-order chi connectivity index (χ1) is 9.66. The smallest absolute Gasteiger partial charge is 0.417 e. The highest BCUT2D eigenvalue weighted by molar-refractivity contribution is 5.71. The van der Waals surface area contributed by atoms with Crippen LogP contribution < -0.4 is 5.32 Å². The third-order valence-electron chi connectivity index (χ3n) is 3.09. The molecule has 0 bridgehead atoms. The Labute approximate surface area is 120 Å². The monoisotopic (exact) mass is 300 g/mol. The van der Waals surface area contributed by atoms with E-state index in [2.05, 4.69) is 5.32 Å². The summed E-state index contributed by atoms with van der Waals surface area (Å²) in [7, 11) is 0. The molecule has 1 aromatic rings. The van der Waals surface area contributed by atoms with Crippen LogP contribution in [-0.4, -0.2) is 17.6 Å². The van der Waals surface area contributed by atoms with Gasteiger partial charge in [0.25, 0.3) is 0 Å². The van der Waals surface area contributed by atoms with Crippen LogP contribution in [0.5, 0.6) is 0 Å². The van der Waals surface area contributed by atoms with Crippen LogP contribution in [0.4, 0.5) is 18.9 Å². The van der Waals surface area contributed by atoms with Crippen LogP contribution >= 0.6 is 0 Å². The molecule has 7 heteroatoms. The van der Waals surface area contributed by atoms with E-state index in [9.17, 15) is 18.0 Å². The fraction of sp³-hybridized carbons (Fsp3) is 0.429. The summed E-state index contributed by atoms with van der Waals surface area (Å²) >= 11 is 0. The van der Waals surface area contributed by atoms with Crippen molar-refractivity contribution >= 4 is 11.7 Å². The Morgan fingerprint density at radius 2 is 2.05 bits per heavy atom. The van der Waals surface area contributed by atoms with Gasteiger partial charge in [-0.3, -0.25) is 4.79 Å². The molecular weight excluding hydrogens is 285 g/mol. The molecule has 1 atom stereocenters. The summed E-state index contributed by atoms with van der Waals surface area (Å²) in [4.78, 5) is 11.0. The number of aliphatic carboxylic acids is 1. The van der Waals surface area contributed by atoms with E-state index in [1.165, 1.54) is 12.1 Å². The molecule has 21 heavy (non-hydrogen) atoms. The van der Waals surface area contributed by atoms with E-state index < -0.39 is 29.2 Å². The number of hydrogen-bond acceptors (Lipinski definition) is 3. The molecule has 0 heterocycles. The maximum absolute atomic E-state index is 12.8. The molecule has 0 radical (unpaired) electrons. The topological polar surface area (TPSA) is 73.1 Å². The molecule has 0 aliphatic heterocycles. The lowest BCUT2D eigenvalue weighted by Gasteiger charge is -2.18. The van der Waals surface area contributed by atoms with Gasteiger partial charge in [0.1, 0.15) is 0 Å². The minimum absolute atomic E-state index is 0.0101. The molecule has 0 aromatic heterocycles. The van der Waals surface area contributed by atoms with Gasteiger partial charge in [-0.2, -0.15) is 18.4 Å². The number of anilines is 1. The molecule has 1 unspecified atom stereocenters. The van der Waals surface area contributed by atoms with E-state index in [1.54, 1.807) is 13.8 Å². The summed E-state index contributed by atoms with van der Waals surface area (Å²) < 4.78 is 38.4. The molecule has 1 rings (SSSR count). The standard InChI is InChI=1S/C14H15F3N2O2/c1-8(2)11(13(20)21)7-19-10-4-3-9(6-18)12(5-10)14(15,16)17/h3-5,8,11,19H,7H2,1-2H3,(H,20,21). The quantitative estimate of drug-likeness (QED) is 0.874. The lowest BCUT2D eigenvalue weighted by Crippen LogP contribution is -2.27. The number of rotatable bonds is 5. The van der Waals surface area contributed by atoms with Gasteiger partial charge in [0.05, 0.1) is 23.1 Å². The van der Waals surface area contributed by atoms with E-state index in [-0.39, 0.29) is 18.2 Å². The number of alkyl halides is 3. The number of carboxylic acids is 1. The molecule has 0 aliphatic carbocycles. The first-order valence-electron chi connectivity index (χ1n) is 6.24. The lowest BCUT2D eigenvalue weighted by molar-refractivity contribution is -0.142. The number of halogens is 3. The van der Waals surface area contributed by atoms with E-state index in [1.807, 2.05) is 0 Å². The first-order valence-corrected chi connectivity index (χ1v) is 6.24. The summed E-state index contributed by atoms with van der Waals surface area (Å²) in [6.07, 6.45) is -4.63. The molecular formula is C14H15F3N2O2. The number of nitriles is 1. The van der Waals surface area contributed by atoms with Crippen molar-refractivity contribution < 1.29 is 23.1 Å². The first kappa shape index (κ1) is 16.8.